The third kappa shape index (κ3) is 1.81. The predicted octanol–water partition coefficient (Wildman–Crippen LogP) is 2.80. The van der Waals surface area contributed by atoms with Gasteiger partial charge in [0.05, 0.1) is 11.4 Å². The number of nitrogens with zero attached hydrogens (tertiary/aromatic N) is 3. The van der Waals surface area contributed by atoms with Gasteiger partial charge >= 0.3 is 0 Å². The molecule has 1 aromatic heterocycles. The lowest BCUT2D eigenvalue weighted by Gasteiger charge is -2.08. The summed E-state index contributed by atoms with van der Waals surface area (Å²) in [6.45, 7) is 1.99. The number of rotatable bonds is 3. The number of carbonyl (C=O) groups excluding carboxylic acids is 1. The van der Waals surface area contributed by atoms with Crippen molar-refractivity contribution in [3.8, 4) is 5.69 Å². The second-order valence-electron chi connectivity index (χ2n) is 4.30. The Morgan fingerprint density at radius 2 is 1.95 bits per heavy atom. The molecule has 3 aromatic rings. The van der Waals surface area contributed by atoms with Gasteiger partial charge < -0.3 is 0 Å². The first-order valence-corrected chi connectivity index (χ1v) is 6.23. The molecule has 0 saturated heterocycles. The molecule has 1 heterocycles. The van der Waals surface area contributed by atoms with Crippen LogP contribution in [0.15, 0.2) is 42.5 Å². The number of fused-ring (bicyclic) bond motifs is 1. The molecule has 94 valence electrons. The first-order valence-electron chi connectivity index (χ1n) is 6.23. The van der Waals surface area contributed by atoms with Crippen LogP contribution in [0.3, 0.4) is 0 Å². The number of hydrogen-bond acceptors (Lipinski definition) is 3. The quantitative estimate of drug-likeness (QED) is 0.672. The Bertz CT molecular complexity index is 741. The van der Waals surface area contributed by atoms with E-state index < -0.39 is 0 Å². The molecule has 0 spiro atoms. The van der Waals surface area contributed by atoms with Crippen LogP contribution in [0.1, 0.15) is 23.1 Å². The van der Waals surface area contributed by atoms with Crippen LogP contribution in [0.5, 0.6) is 0 Å². The molecule has 2 aromatic carbocycles. The van der Waals surface area contributed by atoms with E-state index in [1.807, 2.05) is 37.3 Å². The topological polar surface area (TPSA) is 47.8 Å². The second kappa shape index (κ2) is 4.65. The lowest BCUT2D eigenvalue weighted by molar-refractivity contribution is 0.111. The first kappa shape index (κ1) is 11.6. The van der Waals surface area contributed by atoms with E-state index in [1.165, 1.54) is 0 Å². The average molecular weight is 251 g/mol. The normalized spacial score (nSPS) is 10.8. The minimum atomic E-state index is 0.412. The van der Waals surface area contributed by atoms with Gasteiger partial charge in [-0.3, -0.25) is 4.79 Å². The van der Waals surface area contributed by atoms with Crippen LogP contribution < -0.4 is 0 Å². The van der Waals surface area contributed by atoms with Gasteiger partial charge in [0.1, 0.15) is 5.69 Å². The van der Waals surface area contributed by atoms with Gasteiger partial charge in [0, 0.05) is 5.39 Å². The SMILES string of the molecule is CCc1c(C=O)nnn1-c1cccc2ccccc12. The highest BCUT2D eigenvalue weighted by Gasteiger charge is 2.13. The van der Waals surface area contributed by atoms with Gasteiger partial charge in [0.15, 0.2) is 6.29 Å². The summed E-state index contributed by atoms with van der Waals surface area (Å²) in [5.41, 5.74) is 2.21. The molecule has 0 amide bonds. The van der Waals surface area contributed by atoms with Crippen LogP contribution in [0, 0.1) is 0 Å². The zero-order valence-corrected chi connectivity index (χ0v) is 10.6. The Labute approximate surface area is 110 Å². The van der Waals surface area contributed by atoms with Crippen LogP contribution in [-0.4, -0.2) is 21.3 Å². The van der Waals surface area contributed by atoms with E-state index in [1.54, 1.807) is 4.68 Å². The summed E-state index contributed by atoms with van der Waals surface area (Å²) in [7, 11) is 0. The van der Waals surface area contributed by atoms with Crippen molar-refractivity contribution in [2.45, 2.75) is 13.3 Å². The van der Waals surface area contributed by atoms with Gasteiger partial charge in [-0.25, -0.2) is 4.68 Å². The summed E-state index contributed by atoms with van der Waals surface area (Å²) in [5.74, 6) is 0. The number of aromatic nitrogens is 3. The van der Waals surface area contributed by atoms with E-state index >= 15 is 0 Å². The van der Waals surface area contributed by atoms with Crippen molar-refractivity contribution in [1.82, 2.24) is 15.0 Å². The zero-order valence-electron chi connectivity index (χ0n) is 10.6. The largest absolute Gasteiger partial charge is 0.296 e. The Morgan fingerprint density at radius 3 is 2.74 bits per heavy atom. The molecule has 0 saturated carbocycles. The van der Waals surface area contributed by atoms with E-state index in [0.29, 0.717) is 12.1 Å². The molecule has 0 aliphatic heterocycles. The number of carbonyl (C=O) groups is 1. The molecule has 0 bridgehead atoms. The molecule has 4 nitrogen and oxygen atoms in total. The van der Waals surface area contributed by atoms with E-state index in [2.05, 4.69) is 22.4 Å². The van der Waals surface area contributed by atoms with Crippen molar-refractivity contribution in [2.24, 2.45) is 0 Å². The highest BCUT2D eigenvalue weighted by atomic mass is 16.1. The van der Waals surface area contributed by atoms with Crippen LogP contribution >= 0.6 is 0 Å². The third-order valence-corrected chi connectivity index (χ3v) is 3.23. The van der Waals surface area contributed by atoms with Crippen molar-refractivity contribution in [2.75, 3.05) is 0 Å². The maximum atomic E-state index is 11.0. The smallest absolute Gasteiger partial charge is 0.172 e. The molecule has 0 N–H and O–H groups in total. The molecule has 0 unspecified atom stereocenters. The van der Waals surface area contributed by atoms with Crippen molar-refractivity contribution >= 4 is 17.1 Å². The predicted molar refractivity (Wildman–Crippen MR) is 73.6 cm³/mol. The third-order valence-electron chi connectivity index (χ3n) is 3.23. The maximum Gasteiger partial charge on any atom is 0.172 e. The average Bonchev–Trinajstić information content (AvgIpc) is 2.89. The fraction of sp³-hybridized carbons (Fsp3) is 0.133. The molecule has 0 aliphatic carbocycles. The monoisotopic (exact) mass is 251 g/mol. The highest BCUT2D eigenvalue weighted by molar-refractivity contribution is 5.90. The Hall–Kier alpha value is -2.49. The van der Waals surface area contributed by atoms with Gasteiger partial charge in [0.2, 0.25) is 0 Å². The van der Waals surface area contributed by atoms with E-state index in [-0.39, 0.29) is 0 Å². The van der Waals surface area contributed by atoms with Crippen molar-refractivity contribution in [1.29, 1.82) is 0 Å². The second-order valence-corrected chi connectivity index (χ2v) is 4.30. The summed E-state index contributed by atoms with van der Waals surface area (Å²) >= 11 is 0. The molecule has 0 fully saturated rings. The summed E-state index contributed by atoms with van der Waals surface area (Å²) in [5, 5.41) is 10.3. The van der Waals surface area contributed by atoms with Crippen LogP contribution in [0.4, 0.5) is 0 Å². The molecule has 19 heavy (non-hydrogen) atoms. The Balaban J connectivity index is 2.30. The fourth-order valence-electron chi connectivity index (χ4n) is 2.32. The lowest BCUT2D eigenvalue weighted by atomic mass is 10.1. The fourth-order valence-corrected chi connectivity index (χ4v) is 2.32. The molecule has 0 aliphatic rings. The van der Waals surface area contributed by atoms with Crippen molar-refractivity contribution in [3.63, 3.8) is 0 Å². The van der Waals surface area contributed by atoms with Crippen molar-refractivity contribution < 1.29 is 4.79 Å². The van der Waals surface area contributed by atoms with E-state index in [4.69, 9.17) is 0 Å². The molecule has 0 atom stereocenters. The Kier molecular flexibility index (Phi) is 2.83. The molecular formula is C15H13N3O. The molecule has 4 heteroatoms. The van der Waals surface area contributed by atoms with Crippen LogP contribution in [0.2, 0.25) is 0 Å². The minimum absolute atomic E-state index is 0.412. The molecule has 0 radical (unpaired) electrons. The molecule has 3 rings (SSSR count). The van der Waals surface area contributed by atoms with E-state index in [0.717, 1.165) is 28.4 Å². The van der Waals surface area contributed by atoms with Gasteiger partial charge in [-0.15, -0.1) is 5.10 Å². The minimum Gasteiger partial charge on any atom is -0.296 e. The lowest BCUT2D eigenvalue weighted by Crippen LogP contribution is -2.03. The van der Waals surface area contributed by atoms with Gasteiger partial charge in [-0.2, -0.15) is 0 Å². The number of aldehydes is 1. The first-order chi connectivity index (χ1) is 9.35. The van der Waals surface area contributed by atoms with Crippen LogP contribution in [-0.2, 0) is 6.42 Å². The maximum absolute atomic E-state index is 11.0. The summed E-state index contributed by atoms with van der Waals surface area (Å²) in [6.07, 6.45) is 1.47. The number of benzene rings is 2. The molecular weight excluding hydrogens is 238 g/mol. The van der Waals surface area contributed by atoms with Crippen LogP contribution in [0.25, 0.3) is 16.5 Å². The van der Waals surface area contributed by atoms with Gasteiger partial charge in [-0.1, -0.05) is 48.5 Å². The summed E-state index contributed by atoms with van der Waals surface area (Å²) < 4.78 is 1.76. The summed E-state index contributed by atoms with van der Waals surface area (Å²) in [6, 6.07) is 14.1. The highest BCUT2D eigenvalue weighted by Crippen LogP contribution is 2.23. The van der Waals surface area contributed by atoms with Gasteiger partial charge in [0.25, 0.3) is 0 Å². The van der Waals surface area contributed by atoms with Crippen molar-refractivity contribution in [3.05, 3.63) is 53.9 Å². The van der Waals surface area contributed by atoms with Gasteiger partial charge in [-0.05, 0) is 17.9 Å². The van der Waals surface area contributed by atoms with E-state index in [9.17, 15) is 4.79 Å². The summed E-state index contributed by atoms with van der Waals surface area (Å²) in [4.78, 5) is 11.0. The Morgan fingerprint density at radius 1 is 1.16 bits per heavy atom. The zero-order chi connectivity index (χ0) is 13.2. The number of hydrogen-bond donors (Lipinski definition) is 0. The standard InChI is InChI=1S/C15H13N3O/c1-2-14-13(10-19)16-17-18(14)15-9-5-7-11-6-3-4-8-12(11)15/h3-10H,2H2,1H3.